The minimum Gasteiger partial charge on any atom is -0.486 e. The van der Waals surface area contributed by atoms with Crippen molar-refractivity contribution in [3.05, 3.63) is 67.3 Å². The number of benzene rings is 2. The average molecular weight is 356 g/mol. The number of aromatic nitrogens is 2. The van der Waals surface area contributed by atoms with E-state index in [9.17, 15) is 8.42 Å². The zero-order chi connectivity index (χ0) is 17.3. The third kappa shape index (κ3) is 3.10. The first kappa shape index (κ1) is 15.7. The molecule has 2 aromatic carbocycles. The van der Waals surface area contributed by atoms with E-state index in [0.29, 0.717) is 24.7 Å². The minimum absolute atomic E-state index is 0.185. The highest BCUT2D eigenvalue weighted by Crippen LogP contribution is 2.35. The van der Waals surface area contributed by atoms with Gasteiger partial charge in [-0.1, -0.05) is 18.2 Å². The van der Waals surface area contributed by atoms with Crippen LogP contribution in [0.25, 0.3) is 0 Å². The summed E-state index contributed by atoms with van der Waals surface area (Å²) in [5.41, 5.74) is 0. The zero-order valence-electron chi connectivity index (χ0n) is 13.3. The van der Waals surface area contributed by atoms with E-state index in [-0.39, 0.29) is 15.9 Å². The quantitative estimate of drug-likeness (QED) is 0.718. The molecular weight excluding hydrogens is 340 g/mol. The molecule has 0 fully saturated rings. The number of hydrogen-bond donors (Lipinski definition) is 0. The molecule has 0 saturated carbocycles. The first-order chi connectivity index (χ1) is 12.1. The third-order valence-corrected chi connectivity index (χ3v) is 5.74. The Hall–Kier alpha value is -2.80. The van der Waals surface area contributed by atoms with Crippen LogP contribution in [0.5, 0.6) is 11.5 Å². The summed E-state index contributed by atoms with van der Waals surface area (Å²) >= 11 is 0. The molecule has 0 radical (unpaired) electrons. The molecule has 1 atom stereocenters. The SMILES string of the molecule is O=S(=O)(c1ccccc1)c1ccc2c(c1)OC(Cn1ccnc1)CO2. The highest BCUT2D eigenvalue weighted by Gasteiger charge is 2.25. The Kier molecular flexibility index (Phi) is 3.93. The molecule has 0 bridgehead atoms. The van der Waals surface area contributed by atoms with E-state index >= 15 is 0 Å². The largest absolute Gasteiger partial charge is 0.486 e. The van der Waals surface area contributed by atoms with Gasteiger partial charge in [0.2, 0.25) is 9.84 Å². The summed E-state index contributed by atoms with van der Waals surface area (Å²) in [6.45, 7) is 0.977. The van der Waals surface area contributed by atoms with Crippen LogP contribution in [0.4, 0.5) is 0 Å². The predicted molar refractivity (Wildman–Crippen MR) is 90.5 cm³/mol. The molecule has 0 spiro atoms. The topological polar surface area (TPSA) is 70.4 Å². The van der Waals surface area contributed by atoms with Crippen LogP contribution in [0, 0.1) is 0 Å². The van der Waals surface area contributed by atoms with Crippen molar-refractivity contribution >= 4 is 9.84 Å². The normalized spacial score (nSPS) is 16.6. The maximum absolute atomic E-state index is 12.7. The Balaban J connectivity index is 1.62. The number of sulfone groups is 1. The van der Waals surface area contributed by atoms with Gasteiger partial charge in [-0.15, -0.1) is 0 Å². The van der Waals surface area contributed by atoms with Crippen molar-refractivity contribution in [1.29, 1.82) is 0 Å². The maximum atomic E-state index is 12.7. The lowest BCUT2D eigenvalue weighted by Gasteiger charge is -2.27. The summed E-state index contributed by atoms with van der Waals surface area (Å²) in [7, 11) is -3.59. The monoisotopic (exact) mass is 356 g/mol. The van der Waals surface area contributed by atoms with Crippen LogP contribution in [0.2, 0.25) is 0 Å². The number of nitrogens with zero attached hydrogens (tertiary/aromatic N) is 2. The lowest BCUT2D eigenvalue weighted by Crippen LogP contribution is -2.33. The van der Waals surface area contributed by atoms with Crippen LogP contribution < -0.4 is 9.47 Å². The van der Waals surface area contributed by atoms with Crippen molar-refractivity contribution in [2.75, 3.05) is 6.61 Å². The summed E-state index contributed by atoms with van der Waals surface area (Å²) in [5, 5.41) is 0. The molecule has 0 aliphatic carbocycles. The number of hydrogen-bond acceptors (Lipinski definition) is 5. The van der Waals surface area contributed by atoms with Gasteiger partial charge in [-0.3, -0.25) is 0 Å². The highest BCUT2D eigenvalue weighted by atomic mass is 32.2. The summed E-state index contributed by atoms with van der Waals surface area (Å²) in [6.07, 6.45) is 5.03. The Bertz CT molecular complexity index is 970. The maximum Gasteiger partial charge on any atom is 0.206 e. The van der Waals surface area contributed by atoms with Gasteiger partial charge in [-0.2, -0.15) is 0 Å². The summed E-state index contributed by atoms with van der Waals surface area (Å²) in [4.78, 5) is 4.44. The molecule has 1 aliphatic heterocycles. The van der Waals surface area contributed by atoms with Gasteiger partial charge >= 0.3 is 0 Å². The molecule has 1 aromatic heterocycles. The number of imidazole rings is 1. The fourth-order valence-electron chi connectivity index (χ4n) is 2.72. The van der Waals surface area contributed by atoms with Gasteiger partial charge in [0, 0.05) is 18.5 Å². The van der Waals surface area contributed by atoms with Gasteiger partial charge in [-0.25, -0.2) is 13.4 Å². The molecular formula is C18H16N2O4S. The molecule has 7 heteroatoms. The molecule has 128 valence electrons. The van der Waals surface area contributed by atoms with E-state index in [2.05, 4.69) is 4.98 Å². The van der Waals surface area contributed by atoms with Gasteiger partial charge in [0.1, 0.15) is 6.61 Å². The van der Waals surface area contributed by atoms with Crippen LogP contribution in [0.3, 0.4) is 0 Å². The van der Waals surface area contributed by atoms with Gasteiger partial charge in [-0.05, 0) is 24.3 Å². The molecule has 3 aromatic rings. The van der Waals surface area contributed by atoms with E-state index in [0.717, 1.165) is 0 Å². The van der Waals surface area contributed by atoms with Crippen LogP contribution >= 0.6 is 0 Å². The molecule has 25 heavy (non-hydrogen) atoms. The fourth-order valence-corrected chi connectivity index (χ4v) is 4.02. The zero-order valence-corrected chi connectivity index (χ0v) is 14.1. The molecule has 6 nitrogen and oxygen atoms in total. The fraction of sp³-hybridized carbons (Fsp3) is 0.167. The lowest BCUT2D eigenvalue weighted by molar-refractivity contribution is 0.0781. The Morgan fingerprint density at radius 2 is 1.92 bits per heavy atom. The Labute approximate surface area is 145 Å². The van der Waals surface area contributed by atoms with Crippen molar-refractivity contribution in [2.45, 2.75) is 22.4 Å². The smallest absolute Gasteiger partial charge is 0.206 e. The van der Waals surface area contributed by atoms with Crippen molar-refractivity contribution in [2.24, 2.45) is 0 Å². The summed E-state index contributed by atoms with van der Waals surface area (Å²) in [5.74, 6) is 0.988. The van der Waals surface area contributed by atoms with Crippen LogP contribution in [0.15, 0.2) is 77.0 Å². The van der Waals surface area contributed by atoms with Crippen molar-refractivity contribution in [3.63, 3.8) is 0 Å². The van der Waals surface area contributed by atoms with Crippen molar-refractivity contribution < 1.29 is 17.9 Å². The minimum atomic E-state index is -3.59. The molecule has 2 heterocycles. The molecule has 1 unspecified atom stereocenters. The van der Waals surface area contributed by atoms with E-state index in [1.807, 2.05) is 10.8 Å². The number of fused-ring (bicyclic) bond motifs is 1. The third-order valence-electron chi connectivity index (χ3n) is 3.97. The van der Waals surface area contributed by atoms with Crippen molar-refractivity contribution in [1.82, 2.24) is 9.55 Å². The van der Waals surface area contributed by atoms with Gasteiger partial charge in [0.15, 0.2) is 17.6 Å². The molecule has 0 N–H and O–H groups in total. The molecule has 1 aliphatic rings. The standard InChI is InChI=1S/C18H16N2O4S/c21-25(22,15-4-2-1-3-5-15)16-6-7-17-18(10-16)24-14(12-23-17)11-20-9-8-19-13-20/h1-10,13-14H,11-12H2. The second kappa shape index (κ2) is 6.25. The molecule has 0 saturated heterocycles. The Morgan fingerprint density at radius 3 is 2.68 bits per heavy atom. The highest BCUT2D eigenvalue weighted by molar-refractivity contribution is 7.91. The van der Waals surface area contributed by atoms with Gasteiger partial charge < -0.3 is 14.0 Å². The summed E-state index contributed by atoms with van der Waals surface area (Å²) in [6, 6.07) is 13.0. The van der Waals surface area contributed by atoms with Crippen LogP contribution in [0.1, 0.15) is 0 Å². The first-order valence-corrected chi connectivity index (χ1v) is 9.30. The van der Waals surface area contributed by atoms with Crippen molar-refractivity contribution in [3.8, 4) is 11.5 Å². The number of ether oxygens (including phenoxy) is 2. The first-order valence-electron chi connectivity index (χ1n) is 7.82. The van der Waals surface area contributed by atoms with Crippen LogP contribution in [-0.4, -0.2) is 30.7 Å². The van der Waals surface area contributed by atoms with E-state index in [4.69, 9.17) is 9.47 Å². The van der Waals surface area contributed by atoms with E-state index in [1.165, 1.54) is 6.07 Å². The van der Waals surface area contributed by atoms with Gasteiger partial charge in [0.05, 0.1) is 22.7 Å². The van der Waals surface area contributed by atoms with E-state index in [1.54, 1.807) is 55.0 Å². The average Bonchev–Trinajstić information content (AvgIpc) is 3.15. The molecule has 4 rings (SSSR count). The molecule has 0 amide bonds. The Morgan fingerprint density at radius 1 is 1.08 bits per heavy atom. The number of rotatable bonds is 4. The van der Waals surface area contributed by atoms with Crippen LogP contribution in [-0.2, 0) is 16.4 Å². The summed E-state index contributed by atoms with van der Waals surface area (Å²) < 4.78 is 39.0. The predicted octanol–water partition coefficient (Wildman–Crippen LogP) is 2.56. The van der Waals surface area contributed by atoms with Gasteiger partial charge in [0.25, 0.3) is 0 Å². The second-order valence-electron chi connectivity index (χ2n) is 5.74. The lowest BCUT2D eigenvalue weighted by atomic mass is 10.2. The second-order valence-corrected chi connectivity index (χ2v) is 7.69. The van der Waals surface area contributed by atoms with E-state index < -0.39 is 9.84 Å².